The van der Waals surface area contributed by atoms with Gasteiger partial charge in [0.25, 0.3) is 5.91 Å². The standard InChI is InChI=1S/C42H28N4O2/c47-41-36-10-5-11-37(40(36)42(48)45(41)33-9-4-8-30(24-33)27-6-2-1-3-7-27)46-38-25-31(28-16-20-43-21-17-28)12-14-34(38)35-15-13-32(26-39(35)46)29-18-22-44-23-19-29/h1-26,41,47H. The monoisotopic (exact) mass is 620 g/mol. The number of carbonyl (C=O) groups is 1. The largest absolute Gasteiger partial charge is 0.369 e. The number of carbonyl (C=O) groups excluding carboxylic acids is 1. The average molecular weight is 621 g/mol. The van der Waals surface area contributed by atoms with Gasteiger partial charge in [-0.1, -0.05) is 78.9 Å². The molecule has 6 heteroatoms. The molecule has 1 N–H and O–H groups in total. The topological polar surface area (TPSA) is 71.2 Å². The van der Waals surface area contributed by atoms with Crippen LogP contribution in [0.15, 0.2) is 158 Å². The molecule has 8 aromatic rings. The molecule has 0 fully saturated rings. The Morgan fingerprint density at radius 1 is 0.521 bits per heavy atom. The van der Waals surface area contributed by atoms with Crippen LogP contribution in [0.1, 0.15) is 22.1 Å². The van der Waals surface area contributed by atoms with Gasteiger partial charge in [-0.05, 0) is 88.0 Å². The lowest BCUT2D eigenvalue weighted by Crippen LogP contribution is -2.27. The van der Waals surface area contributed by atoms with Crippen molar-refractivity contribution in [3.8, 4) is 39.1 Å². The van der Waals surface area contributed by atoms with Gasteiger partial charge in [0.2, 0.25) is 0 Å². The number of nitrogens with zero attached hydrogens (tertiary/aromatic N) is 4. The van der Waals surface area contributed by atoms with Crippen molar-refractivity contribution < 1.29 is 9.90 Å². The summed E-state index contributed by atoms with van der Waals surface area (Å²) in [5.41, 5.74) is 10.5. The third-order valence-electron chi connectivity index (χ3n) is 9.30. The second-order valence-electron chi connectivity index (χ2n) is 12.0. The van der Waals surface area contributed by atoms with E-state index >= 15 is 0 Å². The summed E-state index contributed by atoms with van der Waals surface area (Å²) in [6, 6.07) is 44.5. The Morgan fingerprint density at radius 2 is 1.06 bits per heavy atom. The molecule has 1 unspecified atom stereocenters. The van der Waals surface area contributed by atoms with Gasteiger partial charge in [0.15, 0.2) is 6.23 Å². The summed E-state index contributed by atoms with van der Waals surface area (Å²) in [6.45, 7) is 0. The van der Waals surface area contributed by atoms with Crippen LogP contribution in [0.25, 0.3) is 60.9 Å². The Bertz CT molecular complexity index is 2400. The minimum absolute atomic E-state index is 0.246. The molecule has 0 radical (unpaired) electrons. The Balaban J connectivity index is 1.26. The molecule has 3 aromatic heterocycles. The first-order valence-corrected chi connectivity index (χ1v) is 15.9. The van der Waals surface area contributed by atoms with E-state index in [4.69, 9.17) is 0 Å². The molecule has 4 heterocycles. The zero-order valence-corrected chi connectivity index (χ0v) is 25.7. The van der Waals surface area contributed by atoms with Gasteiger partial charge in [0.1, 0.15) is 0 Å². The number of amides is 1. The van der Waals surface area contributed by atoms with Crippen molar-refractivity contribution in [2.45, 2.75) is 6.23 Å². The summed E-state index contributed by atoms with van der Waals surface area (Å²) in [7, 11) is 0. The summed E-state index contributed by atoms with van der Waals surface area (Å²) in [6.07, 6.45) is 6.04. The summed E-state index contributed by atoms with van der Waals surface area (Å²) in [5.74, 6) is -0.246. The summed E-state index contributed by atoms with van der Waals surface area (Å²) in [4.78, 5) is 24.5. The van der Waals surface area contributed by atoms with Crippen LogP contribution in [0.3, 0.4) is 0 Å². The van der Waals surface area contributed by atoms with Gasteiger partial charge in [-0.2, -0.15) is 0 Å². The molecule has 0 saturated carbocycles. The zero-order valence-electron chi connectivity index (χ0n) is 25.7. The number of benzene rings is 5. The Labute approximate surface area is 276 Å². The molecule has 1 aliphatic rings. The molecule has 9 rings (SSSR count). The van der Waals surface area contributed by atoms with E-state index in [-0.39, 0.29) is 5.91 Å². The van der Waals surface area contributed by atoms with E-state index in [1.54, 1.807) is 24.8 Å². The highest BCUT2D eigenvalue weighted by Crippen LogP contribution is 2.43. The van der Waals surface area contributed by atoms with E-state index in [0.717, 1.165) is 60.9 Å². The van der Waals surface area contributed by atoms with Crippen LogP contribution >= 0.6 is 0 Å². The van der Waals surface area contributed by atoms with E-state index in [9.17, 15) is 9.90 Å². The van der Waals surface area contributed by atoms with Crippen molar-refractivity contribution in [1.29, 1.82) is 0 Å². The van der Waals surface area contributed by atoms with Gasteiger partial charge < -0.3 is 9.67 Å². The molecule has 48 heavy (non-hydrogen) atoms. The van der Waals surface area contributed by atoms with Crippen molar-refractivity contribution in [3.05, 3.63) is 169 Å². The highest BCUT2D eigenvalue weighted by molar-refractivity contribution is 6.16. The maximum Gasteiger partial charge on any atom is 0.263 e. The quantitative estimate of drug-likeness (QED) is 0.208. The van der Waals surface area contributed by atoms with E-state index in [0.29, 0.717) is 16.8 Å². The zero-order chi connectivity index (χ0) is 32.2. The van der Waals surface area contributed by atoms with E-state index in [1.165, 1.54) is 4.90 Å². The van der Waals surface area contributed by atoms with Crippen molar-refractivity contribution in [2.75, 3.05) is 4.90 Å². The lowest BCUT2D eigenvalue weighted by molar-refractivity contribution is 0.0935. The number of anilines is 1. The first kappa shape index (κ1) is 27.9. The van der Waals surface area contributed by atoms with E-state index in [2.05, 4.69) is 50.9 Å². The lowest BCUT2D eigenvalue weighted by Gasteiger charge is -2.21. The maximum atomic E-state index is 14.6. The predicted octanol–water partition coefficient (Wildman–Crippen LogP) is 9.23. The highest BCUT2D eigenvalue weighted by atomic mass is 16.3. The smallest absolute Gasteiger partial charge is 0.263 e. The van der Waals surface area contributed by atoms with Gasteiger partial charge >= 0.3 is 0 Å². The summed E-state index contributed by atoms with van der Waals surface area (Å²) < 4.78 is 2.17. The summed E-state index contributed by atoms with van der Waals surface area (Å²) >= 11 is 0. The Morgan fingerprint density at radius 3 is 1.69 bits per heavy atom. The SMILES string of the molecule is O=C1c2c(cccc2-n2c3cc(-c4ccncc4)ccc3c3ccc(-c4ccncc4)cc32)C(O)N1c1cccc(-c2ccccc2)c1. The van der Waals surface area contributed by atoms with E-state index in [1.807, 2.05) is 97.1 Å². The third kappa shape index (κ3) is 4.42. The number of pyridine rings is 2. The highest BCUT2D eigenvalue weighted by Gasteiger charge is 2.39. The number of hydrogen-bond donors (Lipinski definition) is 1. The number of hydrogen-bond acceptors (Lipinski definition) is 4. The van der Waals surface area contributed by atoms with Crippen molar-refractivity contribution in [1.82, 2.24) is 14.5 Å². The van der Waals surface area contributed by atoms with Crippen LogP contribution in [0.5, 0.6) is 0 Å². The maximum absolute atomic E-state index is 14.6. The second kappa shape index (κ2) is 11.2. The molecular weight excluding hydrogens is 592 g/mol. The van der Waals surface area contributed by atoms with Crippen LogP contribution < -0.4 is 4.90 Å². The third-order valence-corrected chi connectivity index (χ3v) is 9.30. The Kier molecular flexibility index (Phi) is 6.48. The molecule has 0 aliphatic carbocycles. The fourth-order valence-corrected chi connectivity index (χ4v) is 7.01. The van der Waals surface area contributed by atoms with Crippen molar-refractivity contribution >= 4 is 33.4 Å². The van der Waals surface area contributed by atoms with Gasteiger partial charge in [-0.15, -0.1) is 0 Å². The first-order valence-electron chi connectivity index (χ1n) is 15.9. The lowest BCUT2D eigenvalue weighted by atomic mass is 10.0. The average Bonchev–Trinajstić information content (AvgIpc) is 3.62. The molecular formula is C42H28N4O2. The predicted molar refractivity (Wildman–Crippen MR) is 191 cm³/mol. The van der Waals surface area contributed by atoms with E-state index < -0.39 is 6.23 Å². The number of aromatic nitrogens is 3. The van der Waals surface area contributed by atoms with Gasteiger partial charge in [-0.25, -0.2) is 0 Å². The molecule has 1 amide bonds. The molecule has 0 saturated heterocycles. The number of fused-ring (bicyclic) bond motifs is 4. The molecule has 6 nitrogen and oxygen atoms in total. The second-order valence-corrected chi connectivity index (χ2v) is 12.0. The fraction of sp³-hybridized carbons (Fsp3) is 0.0238. The molecule has 1 aliphatic heterocycles. The van der Waals surface area contributed by atoms with Crippen LogP contribution in [0.2, 0.25) is 0 Å². The molecule has 0 spiro atoms. The van der Waals surface area contributed by atoms with Crippen LogP contribution in [0, 0.1) is 0 Å². The van der Waals surface area contributed by atoms with Crippen LogP contribution in [-0.4, -0.2) is 25.5 Å². The van der Waals surface area contributed by atoms with Crippen molar-refractivity contribution in [3.63, 3.8) is 0 Å². The van der Waals surface area contributed by atoms with Gasteiger partial charge in [-0.3, -0.25) is 19.7 Å². The molecule has 1 atom stereocenters. The number of aliphatic hydroxyl groups excluding tert-OH is 1. The Hall–Kier alpha value is -6.37. The van der Waals surface area contributed by atoms with Gasteiger partial charge in [0.05, 0.1) is 22.3 Å². The molecule has 5 aromatic carbocycles. The van der Waals surface area contributed by atoms with Gasteiger partial charge in [0, 0.05) is 46.8 Å². The number of aliphatic hydroxyl groups is 1. The fourth-order valence-electron chi connectivity index (χ4n) is 7.01. The minimum atomic E-state index is -1.13. The molecule has 228 valence electrons. The molecule has 0 bridgehead atoms. The minimum Gasteiger partial charge on any atom is -0.369 e. The normalized spacial score (nSPS) is 14.1. The summed E-state index contributed by atoms with van der Waals surface area (Å²) in [5, 5.41) is 13.9. The first-order chi connectivity index (χ1) is 23.7. The van der Waals surface area contributed by atoms with Crippen LogP contribution in [-0.2, 0) is 0 Å². The van der Waals surface area contributed by atoms with Crippen molar-refractivity contribution in [2.24, 2.45) is 0 Å². The van der Waals surface area contributed by atoms with Crippen LogP contribution in [0.4, 0.5) is 5.69 Å². The number of rotatable bonds is 5.